The van der Waals surface area contributed by atoms with E-state index in [2.05, 4.69) is 9.71 Å². The number of nitrogens with one attached hydrogen (secondary N) is 1. The van der Waals surface area contributed by atoms with Crippen LogP contribution in [0.4, 0.5) is 4.39 Å². The highest BCUT2D eigenvalue weighted by atomic mass is 32.2. The minimum atomic E-state index is -3.78. The molecule has 1 N–H and O–H groups in total. The highest BCUT2D eigenvalue weighted by Gasteiger charge is 2.24. The lowest BCUT2D eigenvalue weighted by Gasteiger charge is -2.02. The Labute approximate surface area is 111 Å². The Kier molecular flexibility index (Phi) is 3.86. The number of pyridine rings is 1. The van der Waals surface area contributed by atoms with Crippen molar-refractivity contribution >= 4 is 15.5 Å². The van der Waals surface area contributed by atoms with Crippen molar-refractivity contribution in [2.45, 2.75) is 31.7 Å². The zero-order valence-electron chi connectivity index (χ0n) is 10.9. The lowest BCUT2D eigenvalue weighted by molar-refractivity contribution is 0.579. The number of aromatic nitrogens is 2. The van der Waals surface area contributed by atoms with Gasteiger partial charge in [0, 0.05) is 19.2 Å². The van der Waals surface area contributed by atoms with Crippen LogP contribution in [0.5, 0.6) is 0 Å². The maximum atomic E-state index is 13.9. The van der Waals surface area contributed by atoms with Crippen LogP contribution in [0.2, 0.25) is 0 Å². The van der Waals surface area contributed by atoms with E-state index in [0.717, 1.165) is 6.42 Å². The lowest BCUT2D eigenvalue weighted by atomic mass is 10.3. The molecule has 19 heavy (non-hydrogen) atoms. The Balaban J connectivity index is 2.74. The van der Waals surface area contributed by atoms with Gasteiger partial charge in [-0.2, -0.15) is 0 Å². The number of hydrogen-bond acceptors (Lipinski definition) is 3. The Morgan fingerprint density at radius 2 is 2.16 bits per heavy atom. The maximum absolute atomic E-state index is 13.9. The summed E-state index contributed by atoms with van der Waals surface area (Å²) in [6.45, 7) is 3.86. The van der Waals surface area contributed by atoms with Gasteiger partial charge >= 0.3 is 0 Å². The molecule has 0 spiro atoms. The van der Waals surface area contributed by atoms with Crippen molar-refractivity contribution < 1.29 is 12.8 Å². The fourth-order valence-corrected chi connectivity index (χ4v) is 3.16. The zero-order chi connectivity index (χ0) is 14.0. The number of aryl methyl sites for hydroxylation is 1. The first kappa shape index (κ1) is 14.0. The number of rotatable bonds is 5. The quantitative estimate of drug-likeness (QED) is 0.910. The number of nitrogens with zero attached hydrogens (tertiary/aromatic N) is 2. The monoisotopic (exact) mass is 285 g/mol. The van der Waals surface area contributed by atoms with E-state index in [1.807, 2.05) is 6.92 Å². The Bertz CT molecular complexity index is 694. The summed E-state index contributed by atoms with van der Waals surface area (Å²) in [6.07, 6.45) is 3.02. The zero-order valence-corrected chi connectivity index (χ0v) is 11.7. The van der Waals surface area contributed by atoms with E-state index in [0.29, 0.717) is 12.2 Å². The van der Waals surface area contributed by atoms with Gasteiger partial charge in [0.15, 0.2) is 5.03 Å². The predicted molar refractivity (Wildman–Crippen MR) is 70.0 cm³/mol. The highest BCUT2D eigenvalue weighted by Crippen LogP contribution is 2.21. The van der Waals surface area contributed by atoms with Crippen molar-refractivity contribution in [3.05, 3.63) is 30.0 Å². The second kappa shape index (κ2) is 5.26. The molecule has 0 atom stereocenters. The van der Waals surface area contributed by atoms with E-state index < -0.39 is 15.8 Å². The molecule has 0 saturated heterocycles. The molecule has 7 heteroatoms. The van der Waals surface area contributed by atoms with Gasteiger partial charge < -0.3 is 0 Å². The molecule has 0 saturated carbocycles. The van der Waals surface area contributed by atoms with E-state index in [1.54, 1.807) is 13.1 Å². The number of sulfonamides is 1. The third kappa shape index (κ3) is 2.48. The summed E-state index contributed by atoms with van der Waals surface area (Å²) in [5.41, 5.74) is 0.00639. The first-order chi connectivity index (χ1) is 9.01. The van der Waals surface area contributed by atoms with Crippen molar-refractivity contribution in [2.24, 2.45) is 0 Å². The van der Waals surface area contributed by atoms with Crippen LogP contribution in [0.1, 0.15) is 26.1 Å². The molecule has 0 fully saturated rings. The van der Waals surface area contributed by atoms with E-state index in [-0.39, 0.29) is 17.1 Å². The summed E-state index contributed by atoms with van der Waals surface area (Å²) in [5.74, 6) is -0.0395. The average Bonchev–Trinajstić information content (AvgIpc) is 2.71. The van der Waals surface area contributed by atoms with Crippen molar-refractivity contribution in [3.63, 3.8) is 0 Å². The number of fused-ring (bicyclic) bond motifs is 1. The molecule has 0 amide bonds. The summed E-state index contributed by atoms with van der Waals surface area (Å²) in [6, 6.07) is 2.77. The van der Waals surface area contributed by atoms with Crippen LogP contribution in [0, 0.1) is 5.82 Å². The first-order valence-corrected chi connectivity index (χ1v) is 7.64. The molecule has 0 radical (unpaired) electrons. The van der Waals surface area contributed by atoms with Crippen LogP contribution >= 0.6 is 0 Å². The van der Waals surface area contributed by atoms with Gasteiger partial charge in [-0.05, 0) is 18.6 Å². The van der Waals surface area contributed by atoms with Crippen LogP contribution in [0.25, 0.3) is 5.52 Å². The number of hydrogen-bond donors (Lipinski definition) is 1. The standard InChI is InChI=1S/C12H16FN3O2S/c1-3-6-10-15-12(19(17,18)14-4-2)11-9(13)7-5-8-16(10)11/h5,7-8,14H,3-4,6H2,1-2H3. The second-order valence-corrected chi connectivity index (χ2v) is 5.84. The van der Waals surface area contributed by atoms with Crippen molar-refractivity contribution in [1.82, 2.24) is 14.1 Å². The minimum Gasteiger partial charge on any atom is -0.300 e. The van der Waals surface area contributed by atoms with E-state index in [4.69, 9.17) is 0 Å². The van der Waals surface area contributed by atoms with Crippen molar-refractivity contribution in [2.75, 3.05) is 6.54 Å². The summed E-state index contributed by atoms with van der Waals surface area (Å²) in [4.78, 5) is 4.10. The summed E-state index contributed by atoms with van der Waals surface area (Å²) in [7, 11) is -3.78. The van der Waals surface area contributed by atoms with Gasteiger partial charge in [-0.25, -0.2) is 22.5 Å². The van der Waals surface area contributed by atoms with Gasteiger partial charge in [0.05, 0.1) is 0 Å². The molecule has 0 bridgehead atoms. The van der Waals surface area contributed by atoms with Gasteiger partial charge in [-0.15, -0.1) is 0 Å². The normalized spacial score (nSPS) is 12.2. The molecule has 2 heterocycles. The second-order valence-electron chi connectivity index (χ2n) is 4.16. The van der Waals surface area contributed by atoms with Crippen LogP contribution in [-0.2, 0) is 16.4 Å². The molecule has 2 aromatic rings. The van der Waals surface area contributed by atoms with Crippen LogP contribution in [0.3, 0.4) is 0 Å². The van der Waals surface area contributed by atoms with Crippen molar-refractivity contribution in [3.8, 4) is 0 Å². The van der Waals surface area contributed by atoms with E-state index >= 15 is 0 Å². The van der Waals surface area contributed by atoms with Gasteiger partial charge in [0.2, 0.25) is 0 Å². The summed E-state index contributed by atoms with van der Waals surface area (Å²) < 4.78 is 41.9. The molecule has 0 aliphatic carbocycles. The number of halogens is 1. The molecule has 2 rings (SSSR count). The van der Waals surface area contributed by atoms with Crippen LogP contribution in [0.15, 0.2) is 23.4 Å². The van der Waals surface area contributed by atoms with Gasteiger partial charge in [0.25, 0.3) is 10.0 Å². The topological polar surface area (TPSA) is 63.5 Å². The fraction of sp³-hybridized carbons (Fsp3) is 0.417. The summed E-state index contributed by atoms with van der Waals surface area (Å²) in [5, 5.41) is -0.240. The van der Waals surface area contributed by atoms with Crippen molar-refractivity contribution in [1.29, 1.82) is 0 Å². The Morgan fingerprint density at radius 3 is 2.79 bits per heavy atom. The predicted octanol–water partition coefficient (Wildman–Crippen LogP) is 1.72. The smallest absolute Gasteiger partial charge is 0.260 e. The van der Waals surface area contributed by atoms with Gasteiger partial charge in [0.1, 0.15) is 17.2 Å². The summed E-state index contributed by atoms with van der Waals surface area (Å²) >= 11 is 0. The molecule has 5 nitrogen and oxygen atoms in total. The molecule has 104 valence electrons. The first-order valence-electron chi connectivity index (χ1n) is 6.16. The largest absolute Gasteiger partial charge is 0.300 e. The van der Waals surface area contributed by atoms with Gasteiger partial charge in [-0.1, -0.05) is 13.8 Å². The molecule has 0 unspecified atom stereocenters. The highest BCUT2D eigenvalue weighted by molar-refractivity contribution is 7.89. The molecular formula is C12H16FN3O2S. The van der Waals surface area contributed by atoms with Crippen LogP contribution in [-0.4, -0.2) is 24.3 Å². The fourth-order valence-electron chi connectivity index (χ4n) is 1.97. The number of imidazole rings is 1. The Morgan fingerprint density at radius 1 is 1.42 bits per heavy atom. The average molecular weight is 285 g/mol. The molecule has 0 aliphatic rings. The Hall–Kier alpha value is -1.47. The maximum Gasteiger partial charge on any atom is 0.260 e. The molecule has 2 aromatic heterocycles. The third-order valence-corrected chi connectivity index (χ3v) is 4.18. The lowest BCUT2D eigenvalue weighted by Crippen LogP contribution is -2.23. The third-order valence-electron chi connectivity index (χ3n) is 2.72. The SMILES string of the molecule is CCCc1nc(S(=O)(=O)NCC)c2c(F)cccn12. The van der Waals surface area contributed by atoms with E-state index in [1.165, 1.54) is 16.5 Å². The van der Waals surface area contributed by atoms with Gasteiger partial charge in [-0.3, -0.25) is 4.40 Å². The molecule has 0 aliphatic heterocycles. The van der Waals surface area contributed by atoms with Crippen LogP contribution < -0.4 is 4.72 Å². The molecular weight excluding hydrogens is 269 g/mol. The minimum absolute atomic E-state index is 0.00639. The van der Waals surface area contributed by atoms with E-state index in [9.17, 15) is 12.8 Å². The molecule has 0 aromatic carbocycles.